The van der Waals surface area contributed by atoms with E-state index in [1.807, 2.05) is 97.9 Å². The third-order valence-electron chi connectivity index (χ3n) is 8.67. The van der Waals surface area contributed by atoms with E-state index in [0.29, 0.717) is 43.4 Å². The van der Waals surface area contributed by atoms with Crippen molar-refractivity contribution in [1.29, 1.82) is 5.26 Å². The molecule has 0 radical (unpaired) electrons. The quantitative estimate of drug-likeness (QED) is 0.0675. The molecule has 1 aromatic heterocycles. The molecule has 284 valence electrons. The number of carbonyl (C=O) groups is 4. The Morgan fingerprint density at radius 1 is 0.737 bits per heavy atom. The number of nitriles is 1. The number of nitrogens with zero attached hydrogens (tertiary/aromatic N) is 2. The van der Waals surface area contributed by atoms with Crippen LogP contribution in [0, 0.1) is 18.3 Å². The Balaban J connectivity index is 1.23. The average molecular weight is 791 g/mol. The number of hydrogen-bond donors (Lipinski definition) is 4. The van der Waals surface area contributed by atoms with Crippen LogP contribution in [0.3, 0.4) is 0 Å². The maximum Gasteiger partial charge on any atom is 0.272 e. The first-order chi connectivity index (χ1) is 27.6. The zero-order chi connectivity index (χ0) is 40.3. The summed E-state index contributed by atoms with van der Waals surface area (Å²) in [4.78, 5) is 57.3. The van der Waals surface area contributed by atoms with E-state index < -0.39 is 23.0 Å². The molecule has 4 N–H and O–H groups in total. The zero-order valence-electron chi connectivity index (χ0n) is 31.3. The van der Waals surface area contributed by atoms with Gasteiger partial charge in [0.05, 0.1) is 10.4 Å². The van der Waals surface area contributed by atoms with Gasteiger partial charge >= 0.3 is 0 Å². The molecule has 5 aromatic carbocycles. The topological polar surface area (TPSA) is 143 Å². The van der Waals surface area contributed by atoms with Crippen molar-refractivity contribution >= 4 is 74.9 Å². The molecule has 6 rings (SSSR count). The molecular weight excluding hydrogens is 753 g/mol. The van der Waals surface area contributed by atoms with E-state index in [1.165, 1.54) is 11.8 Å². The van der Waals surface area contributed by atoms with Gasteiger partial charge < -0.3 is 26.2 Å². The second-order valence-corrected chi connectivity index (χ2v) is 15.1. The van der Waals surface area contributed by atoms with Gasteiger partial charge in [-0.2, -0.15) is 5.26 Å². The molecule has 12 heteroatoms. The number of thioether (sulfide) groups is 1. The second-order valence-electron chi connectivity index (χ2n) is 12.9. The predicted octanol–water partition coefficient (Wildman–Crippen LogP) is 9.13. The first-order valence-corrected chi connectivity index (χ1v) is 19.5. The molecule has 6 aromatic rings. The number of anilines is 4. The summed E-state index contributed by atoms with van der Waals surface area (Å²) in [6, 6.07) is 43.6. The Bertz CT molecular complexity index is 2460. The Kier molecular flexibility index (Phi) is 13.0. The van der Waals surface area contributed by atoms with Gasteiger partial charge in [0.2, 0.25) is 5.91 Å². The molecule has 0 saturated carbocycles. The van der Waals surface area contributed by atoms with Crippen molar-refractivity contribution in [2.75, 3.05) is 34.9 Å². The van der Waals surface area contributed by atoms with E-state index in [-0.39, 0.29) is 22.2 Å². The van der Waals surface area contributed by atoms with Crippen LogP contribution in [0.1, 0.15) is 47.5 Å². The maximum atomic E-state index is 14.1. The average Bonchev–Trinajstić information content (AvgIpc) is 3.54. The normalized spacial score (nSPS) is 11.4. The number of nitrogens with one attached hydrogen (secondary N) is 4. The summed E-state index contributed by atoms with van der Waals surface area (Å²) < 4.78 is 0. The molecule has 0 aliphatic carbocycles. The smallest absolute Gasteiger partial charge is 0.272 e. The fourth-order valence-electron chi connectivity index (χ4n) is 5.70. The number of carbonyl (C=O) groups excluding carboxylic acids is 4. The lowest BCUT2D eigenvalue weighted by Gasteiger charge is -2.17. The summed E-state index contributed by atoms with van der Waals surface area (Å²) in [6.07, 6.45) is 1.61. The van der Waals surface area contributed by atoms with Gasteiger partial charge in [0, 0.05) is 41.6 Å². The monoisotopic (exact) mass is 790 g/mol. The summed E-state index contributed by atoms with van der Waals surface area (Å²) in [7, 11) is 3.87. The predicted molar refractivity (Wildman–Crippen MR) is 230 cm³/mol. The molecular formula is C45H38N6O4S2. The highest BCUT2D eigenvalue weighted by Gasteiger charge is 2.27. The summed E-state index contributed by atoms with van der Waals surface area (Å²) in [5.41, 5.74) is 4.57. The largest absolute Gasteiger partial charge is 0.378 e. The molecule has 0 aliphatic rings. The molecule has 1 atom stereocenters. The minimum atomic E-state index is -0.779. The van der Waals surface area contributed by atoms with Crippen molar-refractivity contribution in [2.45, 2.75) is 17.1 Å². The molecule has 57 heavy (non-hydrogen) atoms. The minimum absolute atomic E-state index is 0.0393. The van der Waals surface area contributed by atoms with Crippen LogP contribution >= 0.6 is 23.1 Å². The molecule has 1 heterocycles. The van der Waals surface area contributed by atoms with Crippen molar-refractivity contribution < 1.29 is 19.2 Å². The van der Waals surface area contributed by atoms with Crippen molar-refractivity contribution in [2.24, 2.45) is 0 Å². The van der Waals surface area contributed by atoms with E-state index in [1.54, 1.807) is 73.7 Å². The lowest BCUT2D eigenvalue weighted by molar-refractivity contribution is -0.116. The minimum Gasteiger partial charge on any atom is -0.378 e. The van der Waals surface area contributed by atoms with E-state index in [0.717, 1.165) is 17.0 Å². The zero-order valence-corrected chi connectivity index (χ0v) is 32.9. The lowest BCUT2D eigenvalue weighted by Crippen LogP contribution is -2.30. The summed E-state index contributed by atoms with van der Waals surface area (Å²) in [5.74, 6) is -1.76. The van der Waals surface area contributed by atoms with Crippen molar-refractivity contribution in [3.63, 3.8) is 0 Å². The van der Waals surface area contributed by atoms with E-state index in [4.69, 9.17) is 0 Å². The number of rotatable bonds is 13. The van der Waals surface area contributed by atoms with Gasteiger partial charge in [0.15, 0.2) is 0 Å². The molecule has 0 saturated heterocycles. The molecule has 0 aliphatic heterocycles. The van der Waals surface area contributed by atoms with Gasteiger partial charge in [-0.25, -0.2) is 0 Å². The van der Waals surface area contributed by atoms with Crippen LogP contribution in [0.15, 0.2) is 150 Å². The van der Waals surface area contributed by atoms with E-state index in [9.17, 15) is 24.4 Å². The second kappa shape index (κ2) is 18.6. The highest BCUT2D eigenvalue weighted by Crippen LogP contribution is 2.39. The van der Waals surface area contributed by atoms with Gasteiger partial charge in [-0.15, -0.1) is 23.1 Å². The van der Waals surface area contributed by atoms with Crippen LogP contribution in [0.5, 0.6) is 0 Å². The summed E-state index contributed by atoms with van der Waals surface area (Å²) in [6.45, 7) is 1.68. The van der Waals surface area contributed by atoms with Gasteiger partial charge in [-0.1, -0.05) is 84.9 Å². The van der Waals surface area contributed by atoms with Crippen LogP contribution in [0.4, 0.5) is 22.1 Å². The van der Waals surface area contributed by atoms with Crippen LogP contribution in [0.25, 0.3) is 6.08 Å². The van der Waals surface area contributed by atoms with Crippen LogP contribution in [0.2, 0.25) is 0 Å². The molecule has 1 unspecified atom stereocenters. The fourth-order valence-corrected chi connectivity index (χ4v) is 7.84. The maximum absolute atomic E-state index is 14.1. The van der Waals surface area contributed by atoms with Crippen molar-refractivity contribution in [3.05, 3.63) is 178 Å². The standard InChI is InChI=1S/C45H38N6O4S2/c1-29-37(28-46)45(57-39(29)43(54)47-33-18-11-6-12-19-33)50-44(55)40(31-14-7-4-8-15-31)56-36-21-13-20-34(27-36)48-42(53)38(49-41(52)32-16-9-5-10-17-32)26-30-22-24-35(25-23-30)51(2)3/h4-27,40H,1-3H3,(H,47,54)(H,48,53)(H,49,52)(H,50,55)/b38-26+. The molecule has 0 spiro atoms. The highest BCUT2D eigenvalue weighted by molar-refractivity contribution is 8.00. The Morgan fingerprint density at radius 2 is 1.37 bits per heavy atom. The van der Waals surface area contributed by atoms with E-state index in [2.05, 4.69) is 27.3 Å². The van der Waals surface area contributed by atoms with Crippen molar-refractivity contribution in [3.8, 4) is 6.07 Å². The number of amides is 4. The van der Waals surface area contributed by atoms with Crippen LogP contribution in [-0.2, 0) is 9.59 Å². The van der Waals surface area contributed by atoms with Gasteiger partial charge in [-0.3, -0.25) is 19.2 Å². The first-order valence-electron chi connectivity index (χ1n) is 17.8. The molecule has 0 fully saturated rings. The fraction of sp³-hybridized carbons (Fsp3) is 0.0889. The number of thiophene rings is 1. The number of hydrogen-bond acceptors (Lipinski definition) is 8. The Labute approximate surface area is 339 Å². The van der Waals surface area contributed by atoms with Crippen molar-refractivity contribution in [1.82, 2.24) is 5.32 Å². The Morgan fingerprint density at radius 3 is 2.02 bits per heavy atom. The molecule has 0 bridgehead atoms. The van der Waals surface area contributed by atoms with E-state index >= 15 is 0 Å². The molecule has 4 amide bonds. The van der Waals surface area contributed by atoms with Crippen LogP contribution < -0.4 is 26.2 Å². The van der Waals surface area contributed by atoms with Gasteiger partial charge in [-0.05, 0) is 84.3 Å². The first kappa shape index (κ1) is 39.7. The van der Waals surface area contributed by atoms with Gasteiger partial charge in [0.25, 0.3) is 17.7 Å². The highest BCUT2D eigenvalue weighted by atomic mass is 32.2. The SMILES string of the molecule is Cc1c(C(=O)Nc2ccccc2)sc(NC(=O)C(Sc2cccc(NC(=O)/C(=C\c3ccc(N(C)C)cc3)NC(=O)c3ccccc3)c2)c2ccccc2)c1C#N. The summed E-state index contributed by atoms with van der Waals surface area (Å²) >= 11 is 2.30. The van der Waals surface area contributed by atoms with Gasteiger partial charge in [0.1, 0.15) is 22.0 Å². The molecule has 10 nitrogen and oxygen atoms in total. The third kappa shape index (κ3) is 10.2. The Hall–Kier alpha value is -6.94. The third-order valence-corrected chi connectivity index (χ3v) is 11.1. The lowest BCUT2D eigenvalue weighted by atomic mass is 10.1. The number of benzene rings is 5. The van der Waals surface area contributed by atoms with Crippen LogP contribution in [-0.4, -0.2) is 37.7 Å². The number of para-hydroxylation sites is 1. The summed E-state index contributed by atoms with van der Waals surface area (Å²) in [5, 5.41) is 21.0.